The molecular formula is C30H36N2O3. The van der Waals surface area contributed by atoms with Crippen LogP contribution in [-0.4, -0.2) is 34.9 Å². The summed E-state index contributed by atoms with van der Waals surface area (Å²) >= 11 is 0. The Morgan fingerprint density at radius 2 is 1.60 bits per heavy atom. The number of nitrogens with one attached hydrogen (secondary N) is 1. The molecule has 35 heavy (non-hydrogen) atoms. The molecule has 0 heterocycles. The number of rotatable bonds is 9. The van der Waals surface area contributed by atoms with Gasteiger partial charge in [-0.3, -0.25) is 9.59 Å². The van der Waals surface area contributed by atoms with Gasteiger partial charge in [-0.25, -0.2) is 0 Å². The minimum atomic E-state index is -0.690. The number of amides is 2. The van der Waals surface area contributed by atoms with E-state index in [9.17, 15) is 9.59 Å². The summed E-state index contributed by atoms with van der Waals surface area (Å²) in [7, 11) is 0. The molecule has 0 unspecified atom stereocenters. The third-order valence-corrected chi connectivity index (χ3v) is 5.72. The Bertz CT molecular complexity index is 1140. The van der Waals surface area contributed by atoms with Gasteiger partial charge in [-0.2, -0.15) is 0 Å². The van der Waals surface area contributed by atoms with Crippen LogP contribution in [0.3, 0.4) is 0 Å². The van der Waals surface area contributed by atoms with Gasteiger partial charge in [0.1, 0.15) is 11.8 Å². The number of aryl methyl sites for hydroxylation is 2. The normalized spacial score (nSPS) is 12.0. The molecule has 1 atom stereocenters. The monoisotopic (exact) mass is 472 g/mol. The zero-order valence-corrected chi connectivity index (χ0v) is 21.4. The van der Waals surface area contributed by atoms with E-state index in [1.54, 1.807) is 4.90 Å². The third kappa shape index (κ3) is 7.99. The van der Waals surface area contributed by atoms with Gasteiger partial charge in [0.2, 0.25) is 5.91 Å². The molecule has 0 bridgehead atoms. The second kappa shape index (κ2) is 11.7. The summed E-state index contributed by atoms with van der Waals surface area (Å²) in [5.74, 6) is 0.214. The summed E-state index contributed by atoms with van der Waals surface area (Å²) in [5, 5.41) is 3.08. The molecule has 0 spiro atoms. The highest BCUT2D eigenvalue weighted by Gasteiger charge is 2.32. The lowest BCUT2D eigenvalue weighted by molar-refractivity contribution is -0.143. The molecule has 0 aliphatic rings. The van der Waals surface area contributed by atoms with Crippen LogP contribution >= 0.6 is 0 Å². The molecule has 5 heteroatoms. The topological polar surface area (TPSA) is 58.6 Å². The Morgan fingerprint density at radius 1 is 0.914 bits per heavy atom. The summed E-state index contributed by atoms with van der Waals surface area (Å²) < 4.78 is 5.86. The Hall–Kier alpha value is -3.60. The SMILES string of the molecule is Cc1cccc(OCC(=O)N(Cc2ccccc2C)[C@@H](Cc2ccccc2)C(=O)NC(C)(C)C)c1. The summed E-state index contributed by atoms with van der Waals surface area (Å²) in [6.07, 6.45) is 0.408. The van der Waals surface area contributed by atoms with E-state index in [2.05, 4.69) is 5.32 Å². The van der Waals surface area contributed by atoms with E-state index in [0.29, 0.717) is 18.7 Å². The largest absolute Gasteiger partial charge is 0.484 e. The Morgan fingerprint density at radius 3 is 2.26 bits per heavy atom. The van der Waals surface area contributed by atoms with E-state index >= 15 is 0 Å². The minimum absolute atomic E-state index is 0.149. The molecule has 184 valence electrons. The first-order valence-corrected chi connectivity index (χ1v) is 12.0. The number of carbonyl (C=O) groups is 2. The van der Waals surface area contributed by atoms with Crippen LogP contribution in [0.4, 0.5) is 0 Å². The first kappa shape index (κ1) is 26.0. The fraction of sp³-hybridized carbons (Fsp3) is 0.333. The number of benzene rings is 3. The second-order valence-corrected chi connectivity index (χ2v) is 10.00. The van der Waals surface area contributed by atoms with Crippen molar-refractivity contribution in [2.75, 3.05) is 6.61 Å². The van der Waals surface area contributed by atoms with E-state index in [4.69, 9.17) is 4.74 Å². The van der Waals surface area contributed by atoms with E-state index < -0.39 is 11.6 Å². The maximum Gasteiger partial charge on any atom is 0.261 e. The van der Waals surface area contributed by atoms with Crippen molar-refractivity contribution in [1.29, 1.82) is 0 Å². The molecule has 0 saturated carbocycles. The van der Waals surface area contributed by atoms with Crippen molar-refractivity contribution in [2.24, 2.45) is 0 Å². The molecule has 2 amide bonds. The lowest BCUT2D eigenvalue weighted by Crippen LogP contribution is -2.55. The molecule has 3 rings (SSSR count). The van der Waals surface area contributed by atoms with Crippen LogP contribution < -0.4 is 10.1 Å². The van der Waals surface area contributed by atoms with Crippen LogP contribution in [0, 0.1) is 13.8 Å². The fourth-order valence-corrected chi connectivity index (χ4v) is 3.91. The van der Waals surface area contributed by atoms with Crippen molar-refractivity contribution in [3.63, 3.8) is 0 Å². The van der Waals surface area contributed by atoms with Crippen molar-refractivity contribution in [3.8, 4) is 5.75 Å². The Kier molecular flexibility index (Phi) is 8.69. The fourth-order valence-electron chi connectivity index (χ4n) is 3.91. The van der Waals surface area contributed by atoms with Crippen LogP contribution in [0.1, 0.15) is 43.0 Å². The van der Waals surface area contributed by atoms with E-state index in [-0.39, 0.29) is 18.4 Å². The third-order valence-electron chi connectivity index (χ3n) is 5.72. The molecule has 0 fully saturated rings. The van der Waals surface area contributed by atoms with Gasteiger partial charge in [0.25, 0.3) is 5.91 Å². The predicted molar refractivity (Wildman–Crippen MR) is 140 cm³/mol. The zero-order valence-electron chi connectivity index (χ0n) is 21.4. The number of ether oxygens (including phenoxy) is 1. The average molecular weight is 473 g/mol. The molecule has 0 radical (unpaired) electrons. The van der Waals surface area contributed by atoms with Gasteiger partial charge in [-0.05, 0) is 69.0 Å². The van der Waals surface area contributed by atoms with E-state index in [1.165, 1.54) is 0 Å². The summed E-state index contributed by atoms with van der Waals surface area (Å²) in [6.45, 7) is 9.99. The summed E-state index contributed by atoms with van der Waals surface area (Å²) in [4.78, 5) is 28.9. The number of carbonyl (C=O) groups excluding carboxylic acids is 2. The van der Waals surface area contributed by atoms with Gasteiger partial charge in [0.15, 0.2) is 6.61 Å². The van der Waals surface area contributed by atoms with Gasteiger partial charge in [-0.1, -0.05) is 66.7 Å². The highest BCUT2D eigenvalue weighted by molar-refractivity contribution is 5.89. The minimum Gasteiger partial charge on any atom is -0.484 e. The van der Waals surface area contributed by atoms with Crippen molar-refractivity contribution in [1.82, 2.24) is 10.2 Å². The molecule has 1 N–H and O–H groups in total. The molecule has 0 aliphatic carbocycles. The van der Waals surface area contributed by atoms with Gasteiger partial charge in [0.05, 0.1) is 0 Å². The maximum atomic E-state index is 13.6. The first-order valence-electron chi connectivity index (χ1n) is 12.0. The highest BCUT2D eigenvalue weighted by Crippen LogP contribution is 2.19. The Labute approximate surface area is 209 Å². The van der Waals surface area contributed by atoms with Crippen LogP contribution in [0.5, 0.6) is 5.75 Å². The van der Waals surface area contributed by atoms with Crippen molar-refractivity contribution < 1.29 is 14.3 Å². The second-order valence-electron chi connectivity index (χ2n) is 10.00. The van der Waals surface area contributed by atoms with E-state index in [1.807, 2.05) is 113 Å². The van der Waals surface area contributed by atoms with Gasteiger partial charge in [0, 0.05) is 18.5 Å². The lowest BCUT2D eigenvalue weighted by atomic mass is 10.00. The van der Waals surface area contributed by atoms with Crippen LogP contribution in [0.2, 0.25) is 0 Å². The molecule has 0 aromatic heterocycles. The predicted octanol–water partition coefficient (Wildman–Crippen LogP) is 5.24. The molecule has 5 nitrogen and oxygen atoms in total. The summed E-state index contributed by atoms with van der Waals surface area (Å²) in [5.41, 5.74) is 3.68. The number of hydrogen-bond acceptors (Lipinski definition) is 3. The van der Waals surface area contributed by atoms with Crippen molar-refractivity contribution in [3.05, 3.63) is 101 Å². The molecule has 3 aromatic carbocycles. The smallest absolute Gasteiger partial charge is 0.261 e. The molecule has 0 aliphatic heterocycles. The average Bonchev–Trinajstić information content (AvgIpc) is 2.80. The quantitative estimate of drug-likeness (QED) is 0.464. The summed E-state index contributed by atoms with van der Waals surface area (Å²) in [6, 6.07) is 24.7. The Balaban J connectivity index is 1.94. The van der Waals surface area contributed by atoms with Gasteiger partial charge < -0.3 is 15.0 Å². The van der Waals surface area contributed by atoms with Crippen LogP contribution in [0.15, 0.2) is 78.9 Å². The van der Waals surface area contributed by atoms with Gasteiger partial charge in [-0.15, -0.1) is 0 Å². The first-order chi connectivity index (χ1) is 16.6. The van der Waals surface area contributed by atoms with Crippen molar-refractivity contribution in [2.45, 2.75) is 59.2 Å². The maximum absolute atomic E-state index is 13.6. The molecule has 0 saturated heterocycles. The highest BCUT2D eigenvalue weighted by atomic mass is 16.5. The lowest BCUT2D eigenvalue weighted by Gasteiger charge is -2.34. The van der Waals surface area contributed by atoms with Crippen LogP contribution in [-0.2, 0) is 22.6 Å². The molecule has 3 aromatic rings. The zero-order chi connectivity index (χ0) is 25.4. The number of nitrogens with zero attached hydrogens (tertiary/aromatic N) is 1. The standard InChI is InChI=1S/C30H36N2O3/c1-22-12-11-17-26(18-22)35-21-28(33)32(20-25-16-10-9-13-23(25)2)27(29(34)31-30(3,4)5)19-24-14-7-6-8-15-24/h6-18,27H,19-21H2,1-5H3,(H,31,34)/t27-/m0/s1. The van der Waals surface area contributed by atoms with E-state index in [0.717, 1.165) is 22.3 Å². The van der Waals surface area contributed by atoms with Gasteiger partial charge >= 0.3 is 0 Å². The van der Waals surface area contributed by atoms with Crippen LogP contribution in [0.25, 0.3) is 0 Å². The number of hydrogen-bond donors (Lipinski definition) is 1. The molecular weight excluding hydrogens is 436 g/mol. The van der Waals surface area contributed by atoms with Crippen molar-refractivity contribution >= 4 is 11.8 Å².